The summed E-state index contributed by atoms with van der Waals surface area (Å²) in [4.78, 5) is 15.9. The van der Waals surface area contributed by atoms with E-state index in [4.69, 9.17) is 0 Å². The van der Waals surface area contributed by atoms with Crippen molar-refractivity contribution in [3.8, 4) is 0 Å². The molecule has 2 aromatic rings. The van der Waals surface area contributed by atoms with Crippen molar-refractivity contribution < 1.29 is 18.0 Å². The Labute approximate surface area is 134 Å². The molecule has 0 aliphatic rings. The molecular formula is C14H13F3N2OS2. The Morgan fingerprint density at radius 2 is 2.00 bits per heavy atom. The van der Waals surface area contributed by atoms with Crippen LogP contribution in [-0.2, 0) is 5.75 Å². The summed E-state index contributed by atoms with van der Waals surface area (Å²) in [6, 6.07) is 6.51. The Balaban J connectivity index is 1.88. The summed E-state index contributed by atoms with van der Waals surface area (Å²) in [6.07, 6.45) is -4.40. The van der Waals surface area contributed by atoms with Crippen LogP contribution in [0, 0.1) is 6.92 Å². The van der Waals surface area contributed by atoms with Crippen LogP contribution in [0.2, 0.25) is 0 Å². The van der Waals surface area contributed by atoms with E-state index in [1.165, 1.54) is 12.1 Å². The van der Waals surface area contributed by atoms with Gasteiger partial charge in [0.25, 0.3) is 5.91 Å². The maximum atomic E-state index is 12.0. The summed E-state index contributed by atoms with van der Waals surface area (Å²) in [6.45, 7) is 0.599. The van der Waals surface area contributed by atoms with Crippen molar-refractivity contribution in [2.75, 3.05) is 6.54 Å². The smallest absolute Gasteiger partial charge is 0.343 e. The van der Waals surface area contributed by atoms with E-state index in [1.807, 2.05) is 17.6 Å². The molecule has 0 unspecified atom stereocenters. The molecule has 22 heavy (non-hydrogen) atoms. The van der Waals surface area contributed by atoms with E-state index in [0.717, 1.165) is 15.6 Å². The first kappa shape index (κ1) is 16.8. The van der Waals surface area contributed by atoms with Gasteiger partial charge in [0.2, 0.25) is 0 Å². The monoisotopic (exact) mass is 346 g/mol. The summed E-state index contributed by atoms with van der Waals surface area (Å²) >= 11 is 3.15. The lowest BCUT2D eigenvalue weighted by molar-refractivity contribution is -0.123. The molecular weight excluding hydrogens is 333 g/mol. The molecule has 1 aromatic carbocycles. The van der Waals surface area contributed by atoms with Crippen molar-refractivity contribution in [3.05, 3.63) is 46.5 Å². The van der Waals surface area contributed by atoms with Gasteiger partial charge in [-0.25, -0.2) is 4.98 Å². The number of aryl methyl sites for hydroxylation is 1. The van der Waals surface area contributed by atoms with Gasteiger partial charge in [-0.3, -0.25) is 4.79 Å². The lowest BCUT2D eigenvalue weighted by Crippen LogP contribution is -2.33. The molecule has 0 aliphatic carbocycles. The SMILES string of the molecule is Cc1csc(SCc2ccc(C(=O)NCC(F)(F)F)cc2)n1. The number of carbonyl (C=O) groups excluding carboxylic acids is 1. The van der Waals surface area contributed by atoms with E-state index in [0.29, 0.717) is 5.75 Å². The van der Waals surface area contributed by atoms with Crippen molar-refractivity contribution in [3.63, 3.8) is 0 Å². The van der Waals surface area contributed by atoms with Crippen LogP contribution in [0.15, 0.2) is 34.0 Å². The molecule has 1 aromatic heterocycles. The molecule has 3 nitrogen and oxygen atoms in total. The van der Waals surface area contributed by atoms with E-state index in [9.17, 15) is 18.0 Å². The van der Waals surface area contributed by atoms with Crippen molar-refractivity contribution in [2.24, 2.45) is 0 Å². The largest absolute Gasteiger partial charge is 0.405 e. The van der Waals surface area contributed by atoms with Gasteiger partial charge in [-0.05, 0) is 24.6 Å². The van der Waals surface area contributed by atoms with Crippen LogP contribution in [0.25, 0.3) is 0 Å². The second kappa shape index (κ2) is 7.15. The third-order valence-electron chi connectivity index (χ3n) is 2.63. The minimum atomic E-state index is -4.40. The van der Waals surface area contributed by atoms with Crippen LogP contribution in [0.1, 0.15) is 21.6 Å². The Hall–Kier alpha value is -1.54. The molecule has 0 saturated carbocycles. The number of benzene rings is 1. The van der Waals surface area contributed by atoms with Crippen LogP contribution in [0.3, 0.4) is 0 Å². The standard InChI is InChI=1S/C14H13F3N2OS2/c1-9-6-21-13(19-9)22-7-10-2-4-11(5-3-10)12(20)18-8-14(15,16)17/h2-6H,7-8H2,1H3,(H,18,20). The zero-order valence-corrected chi connectivity index (χ0v) is 13.2. The van der Waals surface area contributed by atoms with Gasteiger partial charge in [-0.2, -0.15) is 13.2 Å². The lowest BCUT2D eigenvalue weighted by atomic mass is 10.1. The van der Waals surface area contributed by atoms with Gasteiger partial charge in [0, 0.05) is 22.4 Å². The Morgan fingerprint density at radius 1 is 1.32 bits per heavy atom. The maximum absolute atomic E-state index is 12.0. The summed E-state index contributed by atoms with van der Waals surface area (Å²) in [7, 11) is 0. The molecule has 1 N–H and O–H groups in total. The zero-order valence-electron chi connectivity index (χ0n) is 11.6. The highest BCUT2D eigenvalue weighted by Gasteiger charge is 2.27. The predicted octanol–water partition coefficient (Wildman–Crippen LogP) is 4.04. The average Bonchev–Trinajstić information content (AvgIpc) is 2.88. The first-order chi connectivity index (χ1) is 10.3. The highest BCUT2D eigenvalue weighted by atomic mass is 32.2. The molecule has 0 radical (unpaired) electrons. The second-order valence-corrected chi connectivity index (χ2v) is 6.62. The number of nitrogens with zero attached hydrogens (tertiary/aromatic N) is 1. The highest BCUT2D eigenvalue weighted by molar-refractivity contribution is 8.00. The number of halogens is 3. The molecule has 1 amide bonds. The minimum Gasteiger partial charge on any atom is -0.343 e. The van der Waals surface area contributed by atoms with E-state index in [1.54, 1.807) is 35.2 Å². The molecule has 8 heteroatoms. The molecule has 0 fully saturated rings. The number of aromatic nitrogens is 1. The number of thiazole rings is 1. The van der Waals surface area contributed by atoms with Gasteiger partial charge < -0.3 is 5.32 Å². The third kappa shape index (κ3) is 5.34. The van der Waals surface area contributed by atoms with E-state index >= 15 is 0 Å². The summed E-state index contributed by atoms with van der Waals surface area (Å²) < 4.78 is 37.1. The van der Waals surface area contributed by atoms with Crippen LogP contribution in [0.4, 0.5) is 13.2 Å². The molecule has 118 valence electrons. The number of hydrogen-bond donors (Lipinski definition) is 1. The van der Waals surface area contributed by atoms with E-state index < -0.39 is 18.6 Å². The number of thioether (sulfide) groups is 1. The summed E-state index contributed by atoms with van der Waals surface area (Å²) in [5.74, 6) is -0.0377. The summed E-state index contributed by atoms with van der Waals surface area (Å²) in [5, 5.41) is 3.81. The number of nitrogens with one attached hydrogen (secondary N) is 1. The van der Waals surface area contributed by atoms with Crippen LogP contribution >= 0.6 is 23.1 Å². The average molecular weight is 346 g/mol. The fourth-order valence-corrected chi connectivity index (χ4v) is 3.38. The molecule has 0 saturated heterocycles. The van der Waals surface area contributed by atoms with E-state index in [2.05, 4.69) is 4.98 Å². The van der Waals surface area contributed by atoms with Crippen LogP contribution < -0.4 is 5.32 Å². The normalized spacial score (nSPS) is 11.5. The Bertz CT molecular complexity index is 638. The fraction of sp³-hybridized carbons (Fsp3) is 0.286. The molecule has 0 aliphatic heterocycles. The van der Waals surface area contributed by atoms with Gasteiger partial charge in [0.05, 0.1) is 0 Å². The van der Waals surface area contributed by atoms with Gasteiger partial charge in [0.15, 0.2) is 0 Å². The number of carbonyl (C=O) groups is 1. The van der Waals surface area contributed by atoms with Crippen LogP contribution in [0.5, 0.6) is 0 Å². The Morgan fingerprint density at radius 3 is 2.55 bits per heavy atom. The maximum Gasteiger partial charge on any atom is 0.405 e. The van der Waals surface area contributed by atoms with Crippen molar-refractivity contribution in [1.82, 2.24) is 10.3 Å². The van der Waals surface area contributed by atoms with Crippen LogP contribution in [-0.4, -0.2) is 23.6 Å². The molecule has 0 bridgehead atoms. The zero-order chi connectivity index (χ0) is 16.2. The summed E-state index contributed by atoms with van der Waals surface area (Å²) in [5.41, 5.74) is 2.16. The van der Waals surface area contributed by atoms with Crippen molar-refractivity contribution in [2.45, 2.75) is 23.2 Å². The van der Waals surface area contributed by atoms with Gasteiger partial charge >= 0.3 is 6.18 Å². The quantitative estimate of drug-likeness (QED) is 0.831. The van der Waals surface area contributed by atoms with Gasteiger partial charge in [-0.1, -0.05) is 23.9 Å². The first-order valence-corrected chi connectivity index (χ1v) is 8.19. The molecule has 1 heterocycles. The van der Waals surface area contributed by atoms with Crippen molar-refractivity contribution >= 4 is 29.0 Å². The number of hydrogen-bond acceptors (Lipinski definition) is 4. The molecule has 0 spiro atoms. The van der Waals surface area contributed by atoms with Gasteiger partial charge in [-0.15, -0.1) is 11.3 Å². The number of rotatable bonds is 5. The minimum absolute atomic E-state index is 0.211. The lowest BCUT2D eigenvalue weighted by Gasteiger charge is -2.08. The predicted molar refractivity (Wildman–Crippen MR) is 81.2 cm³/mol. The van der Waals surface area contributed by atoms with Crippen molar-refractivity contribution in [1.29, 1.82) is 0 Å². The fourth-order valence-electron chi connectivity index (χ4n) is 1.58. The first-order valence-electron chi connectivity index (χ1n) is 6.32. The second-order valence-electron chi connectivity index (χ2n) is 4.54. The van der Waals surface area contributed by atoms with E-state index in [-0.39, 0.29) is 5.56 Å². The molecule has 0 atom stereocenters. The number of amides is 1. The highest BCUT2D eigenvalue weighted by Crippen LogP contribution is 2.26. The Kier molecular flexibility index (Phi) is 5.47. The topological polar surface area (TPSA) is 42.0 Å². The number of alkyl halides is 3. The molecule has 2 rings (SSSR count). The van der Waals surface area contributed by atoms with Gasteiger partial charge in [0.1, 0.15) is 10.9 Å². The third-order valence-corrected chi connectivity index (χ3v) is 4.84.